The molecule has 0 fully saturated rings. The van der Waals surface area contributed by atoms with Crippen molar-refractivity contribution >= 4 is 33.0 Å². The monoisotopic (exact) mass is 282 g/mol. The van der Waals surface area contributed by atoms with Crippen LogP contribution in [0.4, 0.5) is 0 Å². The molecule has 0 aliphatic heterocycles. The quantitative estimate of drug-likeness (QED) is 0.816. The van der Waals surface area contributed by atoms with E-state index in [1.165, 1.54) is 0 Å². The summed E-state index contributed by atoms with van der Waals surface area (Å²) in [5.41, 5.74) is 0.456. The molecule has 0 aromatic carbocycles. The van der Waals surface area contributed by atoms with Crippen molar-refractivity contribution in [3.63, 3.8) is 0 Å². The van der Waals surface area contributed by atoms with Crippen LogP contribution in [0.2, 0.25) is 4.47 Å². The molecule has 7 heteroatoms. The van der Waals surface area contributed by atoms with Crippen LogP contribution in [0.5, 0.6) is 0 Å². The Morgan fingerprint density at radius 3 is 2.62 bits per heavy atom. The van der Waals surface area contributed by atoms with Gasteiger partial charge < -0.3 is 0 Å². The maximum atomic E-state index is 11.8. The van der Waals surface area contributed by atoms with Crippen molar-refractivity contribution in [1.82, 2.24) is 9.71 Å². The van der Waals surface area contributed by atoms with Gasteiger partial charge in [0.2, 0.25) is 0 Å². The topological polar surface area (TPSA) is 59.1 Å². The van der Waals surface area contributed by atoms with Gasteiger partial charge in [-0.25, -0.2) is 18.1 Å². The predicted molar refractivity (Wildman–Crippen MR) is 66.6 cm³/mol. The van der Waals surface area contributed by atoms with Gasteiger partial charge in [-0.05, 0) is 13.3 Å². The van der Waals surface area contributed by atoms with E-state index < -0.39 is 10.0 Å². The molecule has 0 atom stereocenters. The highest BCUT2D eigenvalue weighted by molar-refractivity contribution is 7.91. The minimum Gasteiger partial charge on any atom is -0.229 e. The van der Waals surface area contributed by atoms with Gasteiger partial charge in [-0.3, -0.25) is 0 Å². The predicted octanol–water partition coefficient (Wildman–Crippen LogP) is 2.57. The molecule has 0 bridgehead atoms. The van der Waals surface area contributed by atoms with Crippen LogP contribution in [-0.2, 0) is 10.0 Å². The Morgan fingerprint density at radius 2 is 2.12 bits per heavy atom. The highest BCUT2D eigenvalue weighted by atomic mass is 35.5. The number of rotatable bonds is 6. The number of hydrogen-bond acceptors (Lipinski definition) is 4. The molecule has 0 unspecified atom stereocenters. The van der Waals surface area contributed by atoms with E-state index in [1.807, 2.05) is 0 Å². The second-order valence-electron chi connectivity index (χ2n) is 3.44. The van der Waals surface area contributed by atoms with E-state index in [0.29, 0.717) is 12.2 Å². The van der Waals surface area contributed by atoms with Crippen LogP contribution < -0.4 is 4.72 Å². The summed E-state index contributed by atoms with van der Waals surface area (Å²) in [7, 11) is -3.43. The molecule has 0 radical (unpaired) electrons. The zero-order valence-electron chi connectivity index (χ0n) is 9.29. The molecule has 1 aromatic rings. The van der Waals surface area contributed by atoms with Gasteiger partial charge in [0.05, 0.1) is 5.69 Å². The zero-order chi connectivity index (χ0) is 12.2. The van der Waals surface area contributed by atoms with E-state index in [9.17, 15) is 8.42 Å². The van der Waals surface area contributed by atoms with Crippen LogP contribution in [0, 0.1) is 6.92 Å². The van der Waals surface area contributed by atoms with Gasteiger partial charge in [-0.15, -0.1) is 0 Å². The Labute approximate surface area is 105 Å². The third-order valence-corrected chi connectivity index (χ3v) is 5.38. The summed E-state index contributed by atoms with van der Waals surface area (Å²) in [5, 5.41) is 0. The van der Waals surface area contributed by atoms with Crippen molar-refractivity contribution in [2.75, 3.05) is 6.54 Å². The second-order valence-corrected chi connectivity index (χ2v) is 6.99. The van der Waals surface area contributed by atoms with Crippen molar-refractivity contribution in [3.8, 4) is 0 Å². The number of hydrogen-bond donors (Lipinski definition) is 1. The normalized spacial score (nSPS) is 11.9. The molecule has 16 heavy (non-hydrogen) atoms. The maximum Gasteiger partial charge on any atom is 0.251 e. The van der Waals surface area contributed by atoms with Crippen molar-refractivity contribution in [3.05, 3.63) is 10.2 Å². The third-order valence-electron chi connectivity index (χ3n) is 2.04. The Kier molecular flexibility index (Phi) is 5.17. The van der Waals surface area contributed by atoms with Crippen LogP contribution in [0.1, 0.15) is 31.9 Å². The highest BCUT2D eigenvalue weighted by Crippen LogP contribution is 2.26. The van der Waals surface area contributed by atoms with Crippen molar-refractivity contribution in [1.29, 1.82) is 0 Å². The fraction of sp³-hybridized carbons (Fsp3) is 0.667. The Morgan fingerprint density at radius 1 is 1.44 bits per heavy atom. The second kappa shape index (κ2) is 5.95. The summed E-state index contributed by atoms with van der Waals surface area (Å²) in [6, 6.07) is 0. The highest BCUT2D eigenvalue weighted by Gasteiger charge is 2.20. The van der Waals surface area contributed by atoms with Crippen LogP contribution in [-0.4, -0.2) is 19.9 Å². The number of unbranched alkanes of at least 4 members (excludes halogenated alkanes) is 2. The van der Waals surface area contributed by atoms with Gasteiger partial charge in [0.25, 0.3) is 10.0 Å². The lowest BCUT2D eigenvalue weighted by molar-refractivity contribution is 0.577. The summed E-state index contributed by atoms with van der Waals surface area (Å²) in [6.07, 6.45) is 2.93. The molecule has 1 rings (SSSR count). The lowest BCUT2D eigenvalue weighted by Gasteiger charge is -2.04. The molecule has 0 aliphatic rings. The van der Waals surface area contributed by atoms with E-state index in [-0.39, 0.29) is 8.68 Å². The van der Waals surface area contributed by atoms with Gasteiger partial charge in [-0.1, -0.05) is 42.7 Å². The molecule has 92 valence electrons. The van der Waals surface area contributed by atoms with Crippen molar-refractivity contribution in [2.24, 2.45) is 0 Å². The lowest BCUT2D eigenvalue weighted by atomic mass is 10.3. The molecule has 4 nitrogen and oxygen atoms in total. The SMILES string of the molecule is CCCCCNS(=O)(=O)c1sc(Cl)nc1C. The molecule has 1 heterocycles. The molecule has 0 amide bonds. The number of aromatic nitrogens is 1. The van der Waals surface area contributed by atoms with Gasteiger partial charge in [0.1, 0.15) is 0 Å². The summed E-state index contributed by atoms with van der Waals surface area (Å²) in [4.78, 5) is 3.89. The molecule has 0 aliphatic carbocycles. The fourth-order valence-corrected chi connectivity index (χ4v) is 4.10. The number of aryl methyl sites for hydroxylation is 1. The van der Waals surface area contributed by atoms with Gasteiger partial charge in [0.15, 0.2) is 8.68 Å². The molecule has 0 saturated heterocycles. The average Bonchev–Trinajstić information content (AvgIpc) is 2.53. The van der Waals surface area contributed by atoms with E-state index in [4.69, 9.17) is 11.6 Å². The third kappa shape index (κ3) is 3.69. The standard InChI is InChI=1S/C9H15ClN2O2S2/c1-3-4-5-6-11-16(13,14)8-7(2)12-9(10)15-8/h11H,3-6H2,1-2H3. The number of nitrogens with zero attached hydrogens (tertiary/aromatic N) is 1. The first-order valence-corrected chi connectivity index (χ1v) is 7.77. The van der Waals surface area contributed by atoms with Crippen molar-refractivity contribution in [2.45, 2.75) is 37.3 Å². The van der Waals surface area contributed by atoms with Crippen LogP contribution in [0.25, 0.3) is 0 Å². The summed E-state index contributed by atoms with van der Waals surface area (Å²) >= 11 is 6.66. The van der Waals surface area contributed by atoms with Gasteiger partial charge in [0, 0.05) is 6.54 Å². The van der Waals surface area contributed by atoms with Crippen LogP contribution >= 0.6 is 22.9 Å². The Balaban J connectivity index is 2.67. The minimum absolute atomic E-state index is 0.217. The Hall–Kier alpha value is -0.170. The molecule has 0 spiro atoms. The maximum absolute atomic E-state index is 11.8. The first kappa shape index (κ1) is 13.9. The first-order valence-electron chi connectivity index (χ1n) is 5.10. The first-order chi connectivity index (χ1) is 7.47. The summed E-state index contributed by atoms with van der Waals surface area (Å²) < 4.78 is 26.7. The molecular weight excluding hydrogens is 268 g/mol. The van der Waals surface area contributed by atoms with E-state index in [0.717, 1.165) is 30.6 Å². The molecular formula is C9H15ClN2O2S2. The summed E-state index contributed by atoms with van der Waals surface area (Å²) in [5.74, 6) is 0. The number of thiazole rings is 1. The van der Waals surface area contributed by atoms with E-state index in [2.05, 4.69) is 16.6 Å². The molecule has 0 saturated carbocycles. The fourth-order valence-electron chi connectivity index (χ4n) is 1.25. The Bertz CT molecular complexity index is 442. The van der Waals surface area contributed by atoms with Gasteiger partial charge >= 0.3 is 0 Å². The zero-order valence-corrected chi connectivity index (χ0v) is 11.7. The number of nitrogens with one attached hydrogen (secondary N) is 1. The molecule has 1 N–H and O–H groups in total. The average molecular weight is 283 g/mol. The smallest absolute Gasteiger partial charge is 0.229 e. The molecule has 1 aromatic heterocycles. The summed E-state index contributed by atoms with van der Waals surface area (Å²) in [6.45, 7) is 4.18. The van der Waals surface area contributed by atoms with Crippen LogP contribution in [0.3, 0.4) is 0 Å². The van der Waals surface area contributed by atoms with Crippen molar-refractivity contribution < 1.29 is 8.42 Å². The van der Waals surface area contributed by atoms with E-state index in [1.54, 1.807) is 6.92 Å². The van der Waals surface area contributed by atoms with Crippen LogP contribution in [0.15, 0.2) is 4.21 Å². The van der Waals surface area contributed by atoms with E-state index >= 15 is 0 Å². The minimum atomic E-state index is -3.43. The van der Waals surface area contributed by atoms with Gasteiger partial charge in [-0.2, -0.15) is 0 Å². The number of halogens is 1. The number of sulfonamides is 1. The lowest BCUT2D eigenvalue weighted by Crippen LogP contribution is -2.24. The largest absolute Gasteiger partial charge is 0.251 e.